The number of hydrogen-bond donors (Lipinski definition) is 1. The Hall–Kier alpha value is -3.29. The van der Waals surface area contributed by atoms with Gasteiger partial charge in [0.15, 0.2) is 11.5 Å². The number of rotatable bonds is 9. The van der Waals surface area contributed by atoms with Crippen LogP contribution in [0.5, 0.6) is 17.2 Å². The molecule has 1 N–H and O–H groups in total. The van der Waals surface area contributed by atoms with E-state index >= 15 is 0 Å². The first-order valence-electron chi connectivity index (χ1n) is 8.72. The molecule has 28 heavy (non-hydrogen) atoms. The molecule has 2 rings (SSSR count). The van der Waals surface area contributed by atoms with Crippen molar-refractivity contribution in [2.75, 3.05) is 33.2 Å². The van der Waals surface area contributed by atoms with Crippen molar-refractivity contribution >= 4 is 17.5 Å². The summed E-state index contributed by atoms with van der Waals surface area (Å²) >= 11 is 0. The molecule has 0 spiro atoms. The Bertz CT molecular complexity index is 786. The summed E-state index contributed by atoms with van der Waals surface area (Å²) in [5.41, 5.74) is 1.42. The lowest BCUT2D eigenvalue weighted by Gasteiger charge is -2.21. The van der Waals surface area contributed by atoms with E-state index in [9.17, 15) is 9.59 Å². The van der Waals surface area contributed by atoms with Crippen molar-refractivity contribution in [1.82, 2.24) is 9.88 Å². The van der Waals surface area contributed by atoms with Crippen LogP contribution in [-0.2, 0) is 16.1 Å². The zero-order valence-electron chi connectivity index (χ0n) is 16.5. The van der Waals surface area contributed by atoms with Gasteiger partial charge >= 0.3 is 0 Å². The first-order valence-corrected chi connectivity index (χ1v) is 8.72. The minimum Gasteiger partial charge on any atom is -0.493 e. The van der Waals surface area contributed by atoms with Crippen molar-refractivity contribution in [3.05, 3.63) is 42.2 Å². The van der Waals surface area contributed by atoms with Crippen LogP contribution < -0.4 is 19.5 Å². The lowest BCUT2D eigenvalue weighted by Crippen LogP contribution is -2.31. The van der Waals surface area contributed by atoms with Crippen molar-refractivity contribution in [2.45, 2.75) is 19.9 Å². The Balaban J connectivity index is 2.01. The summed E-state index contributed by atoms with van der Waals surface area (Å²) < 4.78 is 15.8. The Morgan fingerprint density at radius 3 is 2.29 bits per heavy atom. The van der Waals surface area contributed by atoms with Crippen molar-refractivity contribution < 1.29 is 23.8 Å². The summed E-state index contributed by atoms with van der Waals surface area (Å²) in [5.74, 6) is 0.997. The number of aromatic nitrogens is 1. The van der Waals surface area contributed by atoms with E-state index < -0.39 is 0 Å². The topological polar surface area (TPSA) is 90.0 Å². The summed E-state index contributed by atoms with van der Waals surface area (Å²) in [7, 11) is 4.52. The number of carbonyl (C=O) groups is 2. The number of hydrogen-bond acceptors (Lipinski definition) is 6. The largest absolute Gasteiger partial charge is 0.493 e. The number of carbonyl (C=O) groups excluding carboxylic acids is 2. The van der Waals surface area contributed by atoms with E-state index in [0.717, 1.165) is 5.56 Å². The Labute approximate surface area is 164 Å². The normalized spacial score (nSPS) is 10.1. The molecule has 0 bridgehead atoms. The van der Waals surface area contributed by atoms with Gasteiger partial charge in [0, 0.05) is 56.6 Å². The van der Waals surface area contributed by atoms with Crippen LogP contribution in [0.3, 0.4) is 0 Å². The molecule has 1 heterocycles. The van der Waals surface area contributed by atoms with Gasteiger partial charge < -0.3 is 24.4 Å². The summed E-state index contributed by atoms with van der Waals surface area (Å²) in [5, 5.41) is 2.80. The van der Waals surface area contributed by atoms with Gasteiger partial charge in [0.2, 0.25) is 17.6 Å². The summed E-state index contributed by atoms with van der Waals surface area (Å²) in [4.78, 5) is 29.9. The quantitative estimate of drug-likeness (QED) is 0.711. The van der Waals surface area contributed by atoms with E-state index in [1.807, 2.05) is 12.1 Å². The fourth-order valence-corrected chi connectivity index (χ4v) is 2.67. The summed E-state index contributed by atoms with van der Waals surface area (Å²) in [6.45, 7) is 2.18. The molecule has 0 unspecified atom stereocenters. The van der Waals surface area contributed by atoms with E-state index in [2.05, 4.69) is 10.3 Å². The van der Waals surface area contributed by atoms with E-state index in [-0.39, 0.29) is 18.2 Å². The third kappa shape index (κ3) is 5.60. The Kier molecular flexibility index (Phi) is 7.62. The molecule has 0 aliphatic rings. The van der Waals surface area contributed by atoms with E-state index in [0.29, 0.717) is 36.0 Å². The van der Waals surface area contributed by atoms with E-state index in [4.69, 9.17) is 14.2 Å². The minimum absolute atomic E-state index is 0.107. The first-order chi connectivity index (χ1) is 13.5. The fourth-order valence-electron chi connectivity index (χ4n) is 2.67. The highest BCUT2D eigenvalue weighted by molar-refractivity contribution is 5.92. The lowest BCUT2D eigenvalue weighted by atomic mass is 10.2. The SMILES string of the molecule is COc1cc(NC(=O)CCN(Cc2cccnc2)C(C)=O)cc(OC)c1OC. The van der Waals surface area contributed by atoms with Gasteiger partial charge in [-0.3, -0.25) is 14.6 Å². The van der Waals surface area contributed by atoms with Crippen LogP contribution in [0, 0.1) is 0 Å². The predicted octanol–water partition coefficient (Wildman–Crippen LogP) is 2.48. The number of nitrogens with zero attached hydrogens (tertiary/aromatic N) is 2. The monoisotopic (exact) mass is 387 g/mol. The summed E-state index contributed by atoms with van der Waals surface area (Å²) in [6.07, 6.45) is 3.52. The molecule has 2 amide bonds. The molecule has 1 aromatic heterocycles. The summed E-state index contributed by atoms with van der Waals surface area (Å²) in [6, 6.07) is 7.00. The maximum Gasteiger partial charge on any atom is 0.226 e. The van der Waals surface area contributed by atoms with Crippen molar-refractivity contribution in [3.8, 4) is 17.2 Å². The van der Waals surface area contributed by atoms with Crippen molar-refractivity contribution in [1.29, 1.82) is 0 Å². The zero-order chi connectivity index (χ0) is 20.5. The third-order valence-corrected chi connectivity index (χ3v) is 4.10. The van der Waals surface area contributed by atoms with Crippen molar-refractivity contribution in [2.24, 2.45) is 0 Å². The van der Waals surface area contributed by atoms with Gasteiger partial charge in [0.25, 0.3) is 0 Å². The van der Waals surface area contributed by atoms with Crippen LogP contribution >= 0.6 is 0 Å². The van der Waals surface area contributed by atoms with E-state index in [1.165, 1.54) is 28.3 Å². The Morgan fingerprint density at radius 1 is 1.11 bits per heavy atom. The smallest absolute Gasteiger partial charge is 0.226 e. The van der Waals surface area contributed by atoms with Crippen LogP contribution in [0.2, 0.25) is 0 Å². The maximum absolute atomic E-state index is 12.4. The fraction of sp³-hybridized carbons (Fsp3) is 0.350. The second-order valence-corrected chi connectivity index (χ2v) is 6.01. The molecule has 0 aliphatic carbocycles. The molecule has 0 aliphatic heterocycles. The molecule has 0 saturated heterocycles. The van der Waals surface area contributed by atoms with Crippen LogP contribution in [0.25, 0.3) is 0 Å². The van der Waals surface area contributed by atoms with Gasteiger partial charge in [0.05, 0.1) is 21.3 Å². The van der Waals surface area contributed by atoms with Crippen LogP contribution in [0.4, 0.5) is 5.69 Å². The number of anilines is 1. The third-order valence-electron chi connectivity index (χ3n) is 4.10. The molecule has 150 valence electrons. The zero-order valence-corrected chi connectivity index (χ0v) is 16.5. The highest BCUT2D eigenvalue weighted by Crippen LogP contribution is 2.39. The second kappa shape index (κ2) is 10.1. The molecule has 1 aromatic carbocycles. The molecule has 2 aromatic rings. The average Bonchev–Trinajstić information content (AvgIpc) is 2.70. The number of benzene rings is 1. The highest BCUT2D eigenvalue weighted by atomic mass is 16.5. The number of pyridine rings is 1. The number of nitrogens with one attached hydrogen (secondary N) is 1. The first kappa shape index (κ1) is 21.0. The van der Waals surface area contributed by atoms with Gasteiger partial charge in [-0.05, 0) is 11.6 Å². The molecule has 0 saturated carbocycles. The van der Waals surface area contributed by atoms with Gasteiger partial charge in [-0.2, -0.15) is 0 Å². The molecule has 0 atom stereocenters. The van der Waals surface area contributed by atoms with Gasteiger partial charge in [-0.15, -0.1) is 0 Å². The number of amides is 2. The molecule has 8 heteroatoms. The van der Waals surface area contributed by atoms with Crippen LogP contribution in [0.15, 0.2) is 36.7 Å². The molecule has 0 fully saturated rings. The molecule has 8 nitrogen and oxygen atoms in total. The van der Waals surface area contributed by atoms with E-state index in [1.54, 1.807) is 29.4 Å². The standard InChI is InChI=1S/C20H25N3O5/c1-14(24)23(13-15-6-5-8-21-12-15)9-7-19(25)22-16-10-17(26-2)20(28-4)18(11-16)27-3/h5-6,8,10-12H,7,9,13H2,1-4H3,(H,22,25). The average molecular weight is 387 g/mol. The van der Waals surface area contributed by atoms with Crippen LogP contribution in [-0.4, -0.2) is 49.6 Å². The molecule has 0 radical (unpaired) electrons. The van der Waals surface area contributed by atoms with Gasteiger partial charge in [-0.25, -0.2) is 0 Å². The lowest BCUT2D eigenvalue weighted by molar-refractivity contribution is -0.129. The molecular weight excluding hydrogens is 362 g/mol. The predicted molar refractivity (Wildman–Crippen MR) is 105 cm³/mol. The minimum atomic E-state index is -0.230. The number of methoxy groups -OCH3 is 3. The van der Waals surface area contributed by atoms with Crippen LogP contribution in [0.1, 0.15) is 18.9 Å². The van der Waals surface area contributed by atoms with Gasteiger partial charge in [0.1, 0.15) is 0 Å². The Morgan fingerprint density at radius 2 is 1.79 bits per heavy atom. The maximum atomic E-state index is 12.4. The van der Waals surface area contributed by atoms with Gasteiger partial charge in [-0.1, -0.05) is 6.07 Å². The number of ether oxygens (including phenoxy) is 3. The van der Waals surface area contributed by atoms with Crippen molar-refractivity contribution in [3.63, 3.8) is 0 Å². The highest BCUT2D eigenvalue weighted by Gasteiger charge is 2.16. The molecular formula is C20H25N3O5. The second-order valence-electron chi connectivity index (χ2n) is 6.01.